The standard InChI is InChI=1S/C15H18ClN3/c1-11-5-2-3-6-12(11)14-15(16)18-13(17-14)7-10-19-8-4-9-19/h2-3,5-6H,4,7-10H2,1H3,(H,17,18). The summed E-state index contributed by atoms with van der Waals surface area (Å²) in [7, 11) is 0. The highest BCUT2D eigenvalue weighted by Crippen LogP contribution is 2.28. The van der Waals surface area contributed by atoms with Crippen molar-refractivity contribution >= 4 is 11.6 Å². The zero-order valence-electron chi connectivity index (χ0n) is 11.1. The third kappa shape index (κ3) is 2.67. The zero-order valence-corrected chi connectivity index (χ0v) is 11.9. The largest absolute Gasteiger partial charge is 0.332 e. The van der Waals surface area contributed by atoms with E-state index in [4.69, 9.17) is 11.6 Å². The van der Waals surface area contributed by atoms with Crippen LogP contribution in [0.15, 0.2) is 24.3 Å². The molecule has 100 valence electrons. The Labute approximate surface area is 118 Å². The Hall–Kier alpha value is -1.32. The molecule has 0 amide bonds. The van der Waals surface area contributed by atoms with Crippen LogP contribution >= 0.6 is 11.6 Å². The molecule has 1 N–H and O–H groups in total. The highest BCUT2D eigenvalue weighted by atomic mass is 35.5. The number of H-pyrrole nitrogens is 1. The lowest BCUT2D eigenvalue weighted by molar-refractivity contribution is 0.183. The summed E-state index contributed by atoms with van der Waals surface area (Å²) < 4.78 is 0. The molecule has 2 heterocycles. The van der Waals surface area contributed by atoms with Crippen LogP contribution in [0.25, 0.3) is 11.3 Å². The van der Waals surface area contributed by atoms with Gasteiger partial charge in [-0.05, 0) is 32.0 Å². The maximum absolute atomic E-state index is 6.28. The van der Waals surface area contributed by atoms with E-state index in [2.05, 4.69) is 33.9 Å². The minimum absolute atomic E-state index is 0.646. The van der Waals surface area contributed by atoms with Gasteiger partial charge in [0, 0.05) is 18.5 Å². The first-order valence-electron chi connectivity index (χ1n) is 6.77. The smallest absolute Gasteiger partial charge is 0.134 e. The molecule has 1 aliphatic heterocycles. The van der Waals surface area contributed by atoms with Gasteiger partial charge >= 0.3 is 0 Å². The van der Waals surface area contributed by atoms with E-state index in [0.29, 0.717) is 5.15 Å². The molecular formula is C15H18ClN3. The van der Waals surface area contributed by atoms with Crippen LogP contribution in [0.4, 0.5) is 0 Å². The first-order valence-corrected chi connectivity index (χ1v) is 7.14. The van der Waals surface area contributed by atoms with E-state index in [1.54, 1.807) is 0 Å². The predicted molar refractivity (Wildman–Crippen MR) is 78.5 cm³/mol. The Balaban J connectivity index is 1.79. The Kier molecular flexibility index (Phi) is 3.58. The van der Waals surface area contributed by atoms with Crippen molar-refractivity contribution in [2.24, 2.45) is 0 Å². The van der Waals surface area contributed by atoms with E-state index in [9.17, 15) is 0 Å². The summed E-state index contributed by atoms with van der Waals surface area (Å²) in [5, 5.41) is 0.646. The lowest BCUT2D eigenvalue weighted by atomic mass is 10.1. The fraction of sp³-hybridized carbons (Fsp3) is 0.400. The van der Waals surface area contributed by atoms with Crippen LogP contribution in [0.1, 0.15) is 17.8 Å². The summed E-state index contributed by atoms with van der Waals surface area (Å²) >= 11 is 6.28. The number of imidazole rings is 1. The molecule has 0 spiro atoms. The molecule has 0 bridgehead atoms. The number of rotatable bonds is 4. The van der Waals surface area contributed by atoms with Gasteiger partial charge in [0.05, 0.1) is 0 Å². The van der Waals surface area contributed by atoms with E-state index >= 15 is 0 Å². The quantitative estimate of drug-likeness (QED) is 0.929. The van der Waals surface area contributed by atoms with Gasteiger partial charge in [-0.3, -0.25) is 0 Å². The molecule has 3 nitrogen and oxygen atoms in total. The minimum Gasteiger partial charge on any atom is -0.332 e. The maximum atomic E-state index is 6.28. The summed E-state index contributed by atoms with van der Waals surface area (Å²) in [5.41, 5.74) is 3.18. The number of nitrogens with one attached hydrogen (secondary N) is 1. The van der Waals surface area contributed by atoms with Crippen molar-refractivity contribution in [3.63, 3.8) is 0 Å². The number of nitrogens with zero attached hydrogens (tertiary/aromatic N) is 2. The molecule has 1 saturated heterocycles. The summed E-state index contributed by atoms with van der Waals surface area (Å²) in [6.45, 7) is 5.59. The van der Waals surface area contributed by atoms with Gasteiger partial charge in [-0.25, -0.2) is 4.98 Å². The lowest BCUT2D eigenvalue weighted by Gasteiger charge is -2.30. The summed E-state index contributed by atoms with van der Waals surface area (Å²) in [5.74, 6) is 0.982. The number of hydrogen-bond donors (Lipinski definition) is 1. The molecule has 0 radical (unpaired) electrons. The highest BCUT2D eigenvalue weighted by Gasteiger charge is 2.16. The van der Waals surface area contributed by atoms with E-state index in [1.165, 1.54) is 25.1 Å². The van der Waals surface area contributed by atoms with E-state index < -0.39 is 0 Å². The molecule has 0 saturated carbocycles. The maximum Gasteiger partial charge on any atom is 0.134 e. The van der Waals surface area contributed by atoms with E-state index in [1.807, 2.05) is 12.1 Å². The molecule has 0 unspecified atom stereocenters. The van der Waals surface area contributed by atoms with Crippen LogP contribution < -0.4 is 0 Å². The van der Waals surface area contributed by atoms with Gasteiger partial charge in [-0.2, -0.15) is 0 Å². The second-order valence-corrected chi connectivity index (χ2v) is 5.48. The second-order valence-electron chi connectivity index (χ2n) is 5.11. The van der Waals surface area contributed by atoms with Gasteiger partial charge in [-0.15, -0.1) is 0 Å². The van der Waals surface area contributed by atoms with Gasteiger partial charge < -0.3 is 9.88 Å². The van der Waals surface area contributed by atoms with Gasteiger partial charge in [0.25, 0.3) is 0 Å². The summed E-state index contributed by atoms with van der Waals surface area (Å²) in [6, 6.07) is 8.20. The van der Waals surface area contributed by atoms with Crippen LogP contribution in [0.3, 0.4) is 0 Å². The molecule has 1 aromatic heterocycles. The van der Waals surface area contributed by atoms with Gasteiger partial charge in [0.1, 0.15) is 16.7 Å². The molecule has 2 aromatic rings. The second kappa shape index (κ2) is 5.35. The third-order valence-corrected chi connectivity index (χ3v) is 4.00. The van der Waals surface area contributed by atoms with Crippen LogP contribution in [0.2, 0.25) is 5.15 Å². The van der Waals surface area contributed by atoms with E-state index in [-0.39, 0.29) is 0 Å². The molecule has 0 aliphatic carbocycles. The number of benzene rings is 1. The third-order valence-electron chi connectivity index (χ3n) is 3.72. The van der Waals surface area contributed by atoms with Crippen molar-refractivity contribution in [3.05, 3.63) is 40.8 Å². The first kappa shape index (κ1) is 12.7. The molecule has 4 heteroatoms. The lowest BCUT2D eigenvalue weighted by Crippen LogP contribution is -2.38. The molecule has 19 heavy (non-hydrogen) atoms. The normalized spacial score (nSPS) is 15.5. The Bertz CT molecular complexity index is 573. The SMILES string of the molecule is Cc1ccccc1-c1nc(CCN2CCC2)[nH]c1Cl. The minimum atomic E-state index is 0.646. The molecular weight excluding hydrogens is 258 g/mol. The fourth-order valence-electron chi connectivity index (χ4n) is 2.40. The van der Waals surface area contributed by atoms with Gasteiger partial charge in [0.2, 0.25) is 0 Å². The van der Waals surface area contributed by atoms with Gasteiger partial charge in [-0.1, -0.05) is 35.9 Å². The van der Waals surface area contributed by atoms with Crippen LogP contribution in [-0.2, 0) is 6.42 Å². The number of likely N-dealkylation sites (tertiary alicyclic amines) is 1. The fourth-order valence-corrected chi connectivity index (χ4v) is 2.66. The summed E-state index contributed by atoms with van der Waals surface area (Å²) in [4.78, 5) is 10.3. The first-order chi connectivity index (χ1) is 9.24. The van der Waals surface area contributed by atoms with Crippen molar-refractivity contribution in [1.29, 1.82) is 0 Å². The number of aromatic nitrogens is 2. The number of aromatic amines is 1. The zero-order chi connectivity index (χ0) is 13.2. The van der Waals surface area contributed by atoms with Crippen LogP contribution in [0.5, 0.6) is 0 Å². The highest BCUT2D eigenvalue weighted by molar-refractivity contribution is 6.32. The monoisotopic (exact) mass is 275 g/mol. The van der Waals surface area contributed by atoms with Crippen molar-refractivity contribution in [2.75, 3.05) is 19.6 Å². The average molecular weight is 276 g/mol. The number of halogens is 1. The predicted octanol–water partition coefficient (Wildman–Crippen LogP) is 3.29. The Morgan fingerprint density at radius 3 is 2.79 bits per heavy atom. The van der Waals surface area contributed by atoms with Crippen molar-refractivity contribution in [1.82, 2.24) is 14.9 Å². The number of hydrogen-bond acceptors (Lipinski definition) is 2. The van der Waals surface area contributed by atoms with Crippen molar-refractivity contribution in [2.45, 2.75) is 19.8 Å². The van der Waals surface area contributed by atoms with Crippen molar-refractivity contribution in [3.8, 4) is 11.3 Å². The van der Waals surface area contributed by atoms with E-state index in [0.717, 1.165) is 30.0 Å². The summed E-state index contributed by atoms with van der Waals surface area (Å²) in [6.07, 6.45) is 2.26. The molecule has 3 rings (SSSR count). The molecule has 1 aromatic carbocycles. The number of aryl methyl sites for hydroxylation is 1. The Morgan fingerprint density at radius 2 is 2.11 bits per heavy atom. The average Bonchev–Trinajstić information content (AvgIpc) is 2.69. The molecule has 1 aliphatic rings. The topological polar surface area (TPSA) is 31.9 Å². The van der Waals surface area contributed by atoms with Crippen LogP contribution in [0, 0.1) is 6.92 Å². The molecule has 0 atom stereocenters. The van der Waals surface area contributed by atoms with Crippen molar-refractivity contribution < 1.29 is 0 Å². The van der Waals surface area contributed by atoms with Gasteiger partial charge in [0.15, 0.2) is 0 Å². The molecule has 1 fully saturated rings. The van der Waals surface area contributed by atoms with Crippen LogP contribution in [-0.4, -0.2) is 34.5 Å². The Morgan fingerprint density at radius 1 is 1.32 bits per heavy atom.